The summed E-state index contributed by atoms with van der Waals surface area (Å²) < 4.78 is 5.16. The van der Waals surface area contributed by atoms with Crippen molar-refractivity contribution in [1.29, 1.82) is 0 Å². The number of amides is 2. The second kappa shape index (κ2) is 8.81. The van der Waals surface area contributed by atoms with Gasteiger partial charge in [-0.05, 0) is 38.5 Å². The van der Waals surface area contributed by atoms with Crippen LogP contribution in [0.2, 0.25) is 0 Å². The number of carbonyl (C=O) groups is 2. The van der Waals surface area contributed by atoms with Crippen LogP contribution in [-0.4, -0.2) is 58.3 Å². The zero-order valence-electron chi connectivity index (χ0n) is 15.8. The first-order valence-corrected chi connectivity index (χ1v) is 9.37. The third-order valence-electron chi connectivity index (χ3n) is 5.01. The van der Waals surface area contributed by atoms with Crippen molar-refractivity contribution in [2.45, 2.75) is 38.9 Å². The van der Waals surface area contributed by atoms with Gasteiger partial charge >= 0.3 is 0 Å². The molecule has 2 atom stereocenters. The monoisotopic (exact) mass is 370 g/mol. The molecule has 2 aromatic heterocycles. The van der Waals surface area contributed by atoms with Crippen molar-refractivity contribution in [2.24, 2.45) is 0 Å². The van der Waals surface area contributed by atoms with Gasteiger partial charge in [0.15, 0.2) is 0 Å². The number of likely N-dealkylation sites (tertiary alicyclic amines) is 1. The third kappa shape index (κ3) is 4.54. The highest BCUT2D eigenvalue weighted by Gasteiger charge is 2.39. The van der Waals surface area contributed by atoms with E-state index in [2.05, 4.69) is 15.2 Å². The van der Waals surface area contributed by atoms with Crippen molar-refractivity contribution >= 4 is 11.8 Å². The minimum atomic E-state index is -0.248. The maximum absolute atomic E-state index is 13.0. The molecule has 2 aromatic rings. The first-order chi connectivity index (χ1) is 13.1. The molecule has 0 bridgehead atoms. The average Bonchev–Trinajstić information content (AvgIpc) is 3.33. The zero-order chi connectivity index (χ0) is 19.2. The summed E-state index contributed by atoms with van der Waals surface area (Å²) in [6.45, 7) is 6.58. The predicted molar refractivity (Wildman–Crippen MR) is 101 cm³/mol. The molecule has 0 spiro atoms. The van der Waals surface area contributed by atoms with Gasteiger partial charge in [0.1, 0.15) is 0 Å². The van der Waals surface area contributed by atoms with Gasteiger partial charge in [-0.3, -0.25) is 19.5 Å². The highest BCUT2D eigenvalue weighted by atomic mass is 16.3. The van der Waals surface area contributed by atoms with Crippen LogP contribution in [0.3, 0.4) is 0 Å². The minimum absolute atomic E-state index is 0.0814. The second-order valence-corrected chi connectivity index (χ2v) is 6.73. The van der Waals surface area contributed by atoms with Crippen LogP contribution in [0, 0.1) is 0 Å². The van der Waals surface area contributed by atoms with Crippen LogP contribution >= 0.6 is 0 Å². The number of pyridine rings is 1. The fraction of sp³-hybridized carbons (Fsp3) is 0.450. The molecule has 2 amide bonds. The van der Waals surface area contributed by atoms with Crippen LogP contribution in [0.5, 0.6) is 0 Å². The highest BCUT2D eigenvalue weighted by Crippen LogP contribution is 2.23. The van der Waals surface area contributed by atoms with E-state index in [1.54, 1.807) is 37.1 Å². The van der Waals surface area contributed by atoms with Crippen LogP contribution in [0.15, 0.2) is 47.5 Å². The molecule has 1 saturated heterocycles. The molecule has 1 aliphatic heterocycles. The molecule has 0 saturated carbocycles. The molecule has 0 aliphatic carbocycles. The van der Waals surface area contributed by atoms with Crippen LogP contribution in [-0.2, 0) is 11.3 Å². The summed E-state index contributed by atoms with van der Waals surface area (Å²) in [4.78, 5) is 33.4. The standard InChI is InChI=1S/C20H26N4O3/c1-3-23(4-2)20(26)18-11-17(13-24(18)12-15-7-10-27-14-15)22-19(25)16-5-8-21-9-6-16/h5-10,14,17-18H,3-4,11-13H2,1-2H3,(H,22,25)/t17-,18-/m0/s1. The van der Waals surface area contributed by atoms with Gasteiger partial charge < -0.3 is 14.6 Å². The first-order valence-electron chi connectivity index (χ1n) is 9.37. The Balaban J connectivity index is 1.72. The summed E-state index contributed by atoms with van der Waals surface area (Å²) in [5, 5.41) is 3.06. The molecular formula is C20H26N4O3. The molecule has 7 nitrogen and oxygen atoms in total. The first kappa shape index (κ1) is 19.1. The quantitative estimate of drug-likeness (QED) is 0.806. The van der Waals surface area contributed by atoms with E-state index in [0.29, 0.717) is 38.2 Å². The lowest BCUT2D eigenvalue weighted by atomic mass is 10.1. The predicted octanol–water partition coefficient (Wildman–Crippen LogP) is 1.92. The SMILES string of the molecule is CCN(CC)C(=O)[C@@H]1C[C@H](NC(=O)c2ccncc2)CN1Cc1ccoc1. The highest BCUT2D eigenvalue weighted by molar-refractivity contribution is 5.94. The number of nitrogens with one attached hydrogen (secondary N) is 1. The van der Waals surface area contributed by atoms with Crippen LogP contribution in [0.25, 0.3) is 0 Å². The van der Waals surface area contributed by atoms with Crippen molar-refractivity contribution in [3.63, 3.8) is 0 Å². The maximum Gasteiger partial charge on any atom is 0.251 e. The normalized spacial score (nSPS) is 19.8. The molecule has 3 heterocycles. The smallest absolute Gasteiger partial charge is 0.251 e. The average molecular weight is 370 g/mol. The summed E-state index contributed by atoms with van der Waals surface area (Å²) in [7, 11) is 0. The summed E-state index contributed by atoms with van der Waals surface area (Å²) in [5.41, 5.74) is 1.60. The van der Waals surface area contributed by atoms with E-state index in [0.717, 1.165) is 5.56 Å². The molecule has 0 radical (unpaired) electrons. The van der Waals surface area contributed by atoms with Crippen LogP contribution < -0.4 is 5.32 Å². The molecule has 1 N–H and O–H groups in total. The number of furan rings is 1. The van der Waals surface area contributed by atoms with E-state index in [1.807, 2.05) is 24.8 Å². The summed E-state index contributed by atoms with van der Waals surface area (Å²) >= 11 is 0. The fourth-order valence-electron chi connectivity index (χ4n) is 3.57. The van der Waals surface area contributed by atoms with Gasteiger partial charge in [-0.15, -0.1) is 0 Å². The second-order valence-electron chi connectivity index (χ2n) is 6.73. The number of aromatic nitrogens is 1. The minimum Gasteiger partial charge on any atom is -0.472 e. The van der Waals surface area contributed by atoms with Gasteiger partial charge in [0.05, 0.1) is 18.6 Å². The van der Waals surface area contributed by atoms with E-state index in [4.69, 9.17) is 4.42 Å². The van der Waals surface area contributed by atoms with E-state index < -0.39 is 0 Å². The molecule has 1 aliphatic rings. The van der Waals surface area contributed by atoms with Gasteiger partial charge in [0.25, 0.3) is 5.91 Å². The van der Waals surface area contributed by atoms with E-state index >= 15 is 0 Å². The molecule has 0 unspecified atom stereocenters. The van der Waals surface area contributed by atoms with Gasteiger partial charge in [-0.2, -0.15) is 0 Å². The van der Waals surface area contributed by atoms with Crippen molar-refractivity contribution in [3.8, 4) is 0 Å². The third-order valence-corrected chi connectivity index (χ3v) is 5.01. The number of hydrogen-bond acceptors (Lipinski definition) is 5. The van der Waals surface area contributed by atoms with E-state index in [9.17, 15) is 9.59 Å². The number of hydrogen-bond donors (Lipinski definition) is 1. The lowest BCUT2D eigenvalue weighted by Gasteiger charge is -2.28. The molecule has 7 heteroatoms. The lowest BCUT2D eigenvalue weighted by molar-refractivity contribution is -0.135. The number of likely N-dealkylation sites (N-methyl/N-ethyl adjacent to an activating group) is 1. The molecule has 27 heavy (non-hydrogen) atoms. The van der Waals surface area contributed by atoms with Crippen LogP contribution in [0.4, 0.5) is 0 Å². The van der Waals surface area contributed by atoms with Gasteiger partial charge in [-0.25, -0.2) is 0 Å². The van der Waals surface area contributed by atoms with Gasteiger partial charge in [0, 0.05) is 55.7 Å². The Morgan fingerprint density at radius 1 is 1.26 bits per heavy atom. The molecule has 3 rings (SSSR count). The largest absolute Gasteiger partial charge is 0.472 e. The topological polar surface area (TPSA) is 78.7 Å². The summed E-state index contributed by atoms with van der Waals surface area (Å²) in [6.07, 6.45) is 7.13. The summed E-state index contributed by atoms with van der Waals surface area (Å²) in [6, 6.07) is 4.95. The van der Waals surface area contributed by atoms with Crippen molar-refractivity contribution in [1.82, 2.24) is 20.1 Å². The number of carbonyl (C=O) groups excluding carboxylic acids is 2. The Bertz CT molecular complexity index is 744. The Kier molecular flexibility index (Phi) is 6.24. The molecule has 0 aromatic carbocycles. The maximum atomic E-state index is 13.0. The van der Waals surface area contributed by atoms with E-state index in [-0.39, 0.29) is 23.9 Å². The van der Waals surface area contributed by atoms with Crippen LogP contribution in [0.1, 0.15) is 36.2 Å². The molecular weight excluding hydrogens is 344 g/mol. The van der Waals surface area contributed by atoms with Crippen molar-refractivity contribution in [2.75, 3.05) is 19.6 Å². The number of rotatable bonds is 7. The van der Waals surface area contributed by atoms with Gasteiger partial charge in [0.2, 0.25) is 5.91 Å². The molecule has 1 fully saturated rings. The molecule has 144 valence electrons. The van der Waals surface area contributed by atoms with Crippen molar-refractivity contribution in [3.05, 3.63) is 54.2 Å². The fourth-order valence-corrected chi connectivity index (χ4v) is 3.57. The Hall–Kier alpha value is -2.67. The zero-order valence-corrected chi connectivity index (χ0v) is 15.8. The Labute approximate surface area is 159 Å². The summed E-state index contributed by atoms with van der Waals surface area (Å²) in [5.74, 6) is -0.0224. The number of nitrogens with zero attached hydrogens (tertiary/aromatic N) is 3. The lowest BCUT2D eigenvalue weighted by Crippen LogP contribution is -2.45. The Morgan fingerprint density at radius 2 is 2.00 bits per heavy atom. The Morgan fingerprint density at radius 3 is 2.63 bits per heavy atom. The van der Waals surface area contributed by atoms with Gasteiger partial charge in [-0.1, -0.05) is 0 Å². The van der Waals surface area contributed by atoms with Crippen molar-refractivity contribution < 1.29 is 14.0 Å². The van der Waals surface area contributed by atoms with E-state index in [1.165, 1.54) is 0 Å².